The number of hydrogen-bond donors (Lipinski definition) is 2. The Balaban J connectivity index is 2.55. The van der Waals surface area contributed by atoms with Crippen LogP contribution in [0.2, 0.25) is 0 Å². The van der Waals surface area contributed by atoms with E-state index in [0.29, 0.717) is 12.2 Å². The zero-order valence-corrected chi connectivity index (χ0v) is 8.21. The summed E-state index contributed by atoms with van der Waals surface area (Å²) in [6.45, 7) is 0. The van der Waals surface area contributed by atoms with Crippen molar-refractivity contribution in [1.29, 1.82) is 0 Å². The van der Waals surface area contributed by atoms with Crippen LogP contribution in [0.3, 0.4) is 0 Å². The molecule has 2 N–H and O–H groups in total. The second-order valence-corrected chi connectivity index (χ2v) is 3.28. The number of benzene rings is 1. The molecule has 0 fully saturated rings. The van der Waals surface area contributed by atoms with Crippen LogP contribution in [-0.4, -0.2) is 17.6 Å². The van der Waals surface area contributed by atoms with Gasteiger partial charge in [0.1, 0.15) is 0 Å². The summed E-state index contributed by atoms with van der Waals surface area (Å²) in [5.74, 6) is 0.451. The minimum Gasteiger partial charge on any atom is -0.321 e. The Morgan fingerprint density at radius 2 is 2.00 bits per heavy atom. The van der Waals surface area contributed by atoms with Crippen molar-refractivity contribution in [3.05, 3.63) is 35.9 Å². The van der Waals surface area contributed by atoms with Crippen LogP contribution in [0.15, 0.2) is 30.3 Å². The first-order chi connectivity index (χ1) is 6.24. The lowest BCUT2D eigenvalue weighted by molar-refractivity contribution is -0.119. The lowest BCUT2D eigenvalue weighted by Gasteiger charge is -2.06. The van der Waals surface area contributed by atoms with E-state index < -0.39 is 6.04 Å². The molecule has 0 spiro atoms. The molecule has 3 heteroatoms. The Bertz CT molecular complexity index is 274. The molecular weight excluding hydrogens is 182 g/mol. The molecule has 0 amide bonds. The van der Waals surface area contributed by atoms with Gasteiger partial charge in [0, 0.05) is 12.2 Å². The number of ketones is 1. The average molecular weight is 195 g/mol. The first kappa shape index (κ1) is 10.3. The normalized spacial score (nSPS) is 12.5. The van der Waals surface area contributed by atoms with Crippen LogP contribution in [0.1, 0.15) is 5.56 Å². The summed E-state index contributed by atoms with van der Waals surface area (Å²) in [5, 5.41) is 0. The monoisotopic (exact) mass is 195 g/mol. The highest BCUT2D eigenvalue weighted by Gasteiger charge is 2.11. The van der Waals surface area contributed by atoms with Crippen molar-refractivity contribution in [2.75, 3.05) is 5.75 Å². The number of carbonyl (C=O) groups excluding carboxylic acids is 1. The van der Waals surface area contributed by atoms with Gasteiger partial charge in [-0.1, -0.05) is 30.3 Å². The molecule has 1 atom stereocenters. The summed E-state index contributed by atoms with van der Waals surface area (Å²) >= 11 is 3.98. The van der Waals surface area contributed by atoms with Gasteiger partial charge in [0.05, 0.1) is 6.04 Å². The first-order valence-corrected chi connectivity index (χ1v) is 4.80. The minimum absolute atomic E-state index is 0.0428. The highest BCUT2D eigenvalue weighted by molar-refractivity contribution is 7.80. The molecule has 0 saturated carbocycles. The van der Waals surface area contributed by atoms with Crippen molar-refractivity contribution in [3.8, 4) is 0 Å². The van der Waals surface area contributed by atoms with E-state index in [4.69, 9.17) is 5.73 Å². The molecule has 0 aliphatic rings. The van der Waals surface area contributed by atoms with E-state index in [1.54, 1.807) is 0 Å². The quantitative estimate of drug-likeness (QED) is 0.705. The fraction of sp³-hybridized carbons (Fsp3) is 0.300. The molecular formula is C10H13NOS. The van der Waals surface area contributed by atoms with E-state index in [1.807, 2.05) is 30.3 Å². The summed E-state index contributed by atoms with van der Waals surface area (Å²) in [5.41, 5.74) is 6.54. The number of hydrogen-bond acceptors (Lipinski definition) is 3. The summed E-state index contributed by atoms with van der Waals surface area (Å²) < 4.78 is 0. The predicted octanol–water partition coefficient (Wildman–Crippen LogP) is 1.06. The number of carbonyl (C=O) groups is 1. The fourth-order valence-electron chi connectivity index (χ4n) is 1.03. The van der Waals surface area contributed by atoms with Crippen molar-refractivity contribution in [1.82, 2.24) is 0 Å². The Hall–Kier alpha value is -0.800. The van der Waals surface area contributed by atoms with Gasteiger partial charge >= 0.3 is 0 Å². The lowest BCUT2D eigenvalue weighted by Crippen LogP contribution is -2.33. The summed E-state index contributed by atoms with van der Waals surface area (Å²) in [6, 6.07) is 9.14. The van der Waals surface area contributed by atoms with Crippen LogP contribution < -0.4 is 5.73 Å². The third kappa shape index (κ3) is 3.20. The van der Waals surface area contributed by atoms with Crippen LogP contribution in [-0.2, 0) is 11.2 Å². The Labute approximate surface area is 83.5 Å². The maximum Gasteiger partial charge on any atom is 0.154 e. The van der Waals surface area contributed by atoms with Gasteiger partial charge in [-0.05, 0) is 5.56 Å². The Morgan fingerprint density at radius 3 is 2.54 bits per heavy atom. The average Bonchev–Trinajstić information content (AvgIpc) is 2.18. The molecule has 70 valence electrons. The molecule has 0 radical (unpaired) electrons. The molecule has 0 aliphatic heterocycles. The maximum atomic E-state index is 11.4. The van der Waals surface area contributed by atoms with Gasteiger partial charge < -0.3 is 5.73 Å². The molecule has 0 bridgehead atoms. The van der Waals surface area contributed by atoms with Crippen LogP contribution in [0.5, 0.6) is 0 Å². The van der Waals surface area contributed by atoms with Crippen molar-refractivity contribution < 1.29 is 4.79 Å². The minimum atomic E-state index is -0.441. The number of Topliss-reactive ketones (excluding diaryl/α,β-unsaturated/α-hetero) is 1. The van der Waals surface area contributed by atoms with E-state index in [2.05, 4.69) is 12.6 Å². The number of nitrogens with two attached hydrogens (primary N) is 1. The zero-order chi connectivity index (χ0) is 9.68. The third-order valence-electron chi connectivity index (χ3n) is 1.83. The standard InChI is InChI=1S/C10H13NOS/c11-9(7-13)10(12)6-8-4-2-1-3-5-8/h1-5,9,13H,6-7,11H2/t9-/m0/s1. The maximum absolute atomic E-state index is 11.4. The topological polar surface area (TPSA) is 43.1 Å². The van der Waals surface area contributed by atoms with Gasteiger partial charge in [-0.25, -0.2) is 0 Å². The van der Waals surface area contributed by atoms with Crippen molar-refractivity contribution in [2.45, 2.75) is 12.5 Å². The summed E-state index contributed by atoms with van der Waals surface area (Å²) in [7, 11) is 0. The first-order valence-electron chi connectivity index (χ1n) is 4.17. The molecule has 0 aromatic heterocycles. The van der Waals surface area contributed by atoms with E-state index in [0.717, 1.165) is 5.56 Å². The summed E-state index contributed by atoms with van der Waals surface area (Å²) in [6.07, 6.45) is 0.405. The highest BCUT2D eigenvalue weighted by atomic mass is 32.1. The second kappa shape index (κ2) is 5.04. The van der Waals surface area contributed by atoms with Crippen LogP contribution in [0, 0.1) is 0 Å². The van der Waals surface area contributed by atoms with Crippen LogP contribution >= 0.6 is 12.6 Å². The molecule has 0 aliphatic carbocycles. The van der Waals surface area contributed by atoms with Crippen molar-refractivity contribution in [2.24, 2.45) is 5.73 Å². The molecule has 1 aromatic carbocycles. The van der Waals surface area contributed by atoms with Gasteiger partial charge in [0.15, 0.2) is 5.78 Å². The fourth-order valence-corrected chi connectivity index (χ4v) is 1.23. The van der Waals surface area contributed by atoms with Crippen LogP contribution in [0.25, 0.3) is 0 Å². The Kier molecular flexibility index (Phi) is 3.99. The molecule has 2 nitrogen and oxygen atoms in total. The van der Waals surface area contributed by atoms with Gasteiger partial charge in [-0.3, -0.25) is 4.79 Å². The SMILES string of the molecule is N[C@@H](CS)C(=O)Cc1ccccc1. The number of thiol groups is 1. The van der Waals surface area contributed by atoms with E-state index in [1.165, 1.54) is 0 Å². The highest BCUT2D eigenvalue weighted by Crippen LogP contribution is 2.01. The molecule has 1 aromatic rings. The second-order valence-electron chi connectivity index (χ2n) is 2.92. The Morgan fingerprint density at radius 1 is 1.38 bits per heavy atom. The summed E-state index contributed by atoms with van der Waals surface area (Å²) in [4.78, 5) is 11.4. The molecule has 1 rings (SSSR count). The smallest absolute Gasteiger partial charge is 0.154 e. The largest absolute Gasteiger partial charge is 0.321 e. The predicted molar refractivity (Wildman–Crippen MR) is 57.0 cm³/mol. The van der Waals surface area contributed by atoms with Crippen molar-refractivity contribution in [3.63, 3.8) is 0 Å². The van der Waals surface area contributed by atoms with E-state index >= 15 is 0 Å². The third-order valence-corrected chi connectivity index (χ3v) is 2.22. The number of rotatable bonds is 4. The van der Waals surface area contributed by atoms with E-state index in [9.17, 15) is 4.79 Å². The van der Waals surface area contributed by atoms with Crippen LogP contribution in [0.4, 0.5) is 0 Å². The lowest BCUT2D eigenvalue weighted by atomic mass is 10.1. The zero-order valence-electron chi connectivity index (χ0n) is 7.31. The van der Waals surface area contributed by atoms with Gasteiger partial charge in [0.2, 0.25) is 0 Å². The molecule has 0 heterocycles. The van der Waals surface area contributed by atoms with E-state index in [-0.39, 0.29) is 5.78 Å². The van der Waals surface area contributed by atoms with Gasteiger partial charge in [0.25, 0.3) is 0 Å². The molecule has 0 unspecified atom stereocenters. The van der Waals surface area contributed by atoms with Crippen molar-refractivity contribution >= 4 is 18.4 Å². The molecule has 0 saturated heterocycles. The van der Waals surface area contributed by atoms with Gasteiger partial charge in [-0.15, -0.1) is 0 Å². The van der Waals surface area contributed by atoms with Gasteiger partial charge in [-0.2, -0.15) is 12.6 Å². The molecule has 13 heavy (non-hydrogen) atoms.